The van der Waals surface area contributed by atoms with Gasteiger partial charge in [-0.2, -0.15) is 0 Å². The molecule has 2 aliphatic rings. The van der Waals surface area contributed by atoms with Gasteiger partial charge in [0, 0.05) is 6.07 Å². The van der Waals surface area contributed by atoms with E-state index in [1.165, 1.54) is 12.1 Å². The average Bonchev–Trinajstić information content (AvgIpc) is 3.69. The van der Waals surface area contributed by atoms with Crippen LogP contribution in [0.2, 0.25) is 0 Å². The summed E-state index contributed by atoms with van der Waals surface area (Å²) in [7, 11) is 0. The minimum absolute atomic E-state index is 0.0323. The van der Waals surface area contributed by atoms with E-state index in [1.54, 1.807) is 6.08 Å². The Labute approximate surface area is 465 Å². The highest BCUT2D eigenvalue weighted by molar-refractivity contribution is 5.66. The minimum Gasteiger partial charge on any atom is -0.374 e. The number of ether oxygens (including phenoxy) is 10. The summed E-state index contributed by atoms with van der Waals surface area (Å²) in [6.45, 7) is 4.92. The van der Waals surface area contributed by atoms with Gasteiger partial charge in [0.05, 0.1) is 75.4 Å². The summed E-state index contributed by atoms with van der Waals surface area (Å²) in [6, 6.07) is 60.2. The van der Waals surface area contributed by atoms with Crippen LogP contribution >= 0.6 is 0 Å². The number of nitrogens with one attached hydrogen (secondary N) is 1. The Kier molecular flexibility index (Phi) is 21.2. The maximum atomic E-state index is 12.8. The van der Waals surface area contributed by atoms with Crippen LogP contribution in [0.15, 0.2) is 213 Å². The molecule has 1 N–H and O–H groups in total. The smallest absolute Gasteiger partial charge is 0.299 e. The number of nitro groups is 2. The van der Waals surface area contributed by atoms with Crippen molar-refractivity contribution < 1.29 is 57.2 Å². The summed E-state index contributed by atoms with van der Waals surface area (Å²) < 4.78 is 69.1. The van der Waals surface area contributed by atoms with Gasteiger partial charge in [0.2, 0.25) is 0 Å². The van der Waals surface area contributed by atoms with E-state index in [1.807, 2.05) is 182 Å². The van der Waals surface area contributed by atoms with Crippen molar-refractivity contribution in [3.8, 4) is 0 Å². The van der Waals surface area contributed by atoms with Gasteiger partial charge >= 0.3 is 0 Å². The zero-order chi connectivity index (χ0) is 55.3. The third kappa shape index (κ3) is 16.1. The number of nitrogens with zero attached hydrogens (tertiary/aromatic N) is 2. The lowest BCUT2D eigenvalue weighted by Crippen LogP contribution is -2.67. The molecule has 80 heavy (non-hydrogen) atoms. The van der Waals surface area contributed by atoms with E-state index < -0.39 is 82.6 Å². The van der Waals surface area contributed by atoms with Crippen molar-refractivity contribution in [2.45, 2.75) is 101 Å². The number of nitro benzene ring substituents is 2. The van der Waals surface area contributed by atoms with Crippen LogP contribution in [0.5, 0.6) is 0 Å². The molecule has 0 aromatic heterocycles. The molecule has 0 unspecified atom stereocenters. The standard InChI is InChI=1S/C63H65N3O14/c1-2-35-73-57-54(43-71-37-45-21-9-3-10-22-45)79-63(61(76-41-49-29-17-7-18-30-49)60(57)75-40-48-27-15-6-16-28-48)80-58-55(44-72-38-46-23-11-4-12-24-46)78-62(77-42-50-31-19-8-20-32-50)56(59(58)74-39-47-25-13-5-14-26-47)64-52-34-33-51(65(67)68)36-53(52)66(69)70/h2-34,36,54-64H,1,35,37-44H2/t54-,55-,56-,57-,58-,59-,60+,61-,62-,63+/m1/s1. The summed E-state index contributed by atoms with van der Waals surface area (Å²) in [5, 5.41) is 28.1. The molecule has 0 amide bonds. The second kappa shape index (κ2) is 29.6. The van der Waals surface area contributed by atoms with Gasteiger partial charge in [0.15, 0.2) is 12.6 Å². The summed E-state index contributed by atoms with van der Waals surface area (Å²) in [5.41, 5.74) is 4.18. The van der Waals surface area contributed by atoms with Crippen LogP contribution in [0, 0.1) is 20.2 Å². The highest BCUT2D eigenvalue weighted by Gasteiger charge is 2.54. The molecule has 2 saturated heterocycles. The van der Waals surface area contributed by atoms with E-state index in [-0.39, 0.29) is 65.1 Å². The second-order valence-corrected chi connectivity index (χ2v) is 19.2. The third-order valence-electron chi connectivity index (χ3n) is 13.5. The first-order chi connectivity index (χ1) is 39.3. The Balaban J connectivity index is 1.16. The van der Waals surface area contributed by atoms with Gasteiger partial charge in [-0.25, -0.2) is 0 Å². The topological polar surface area (TPSA) is 191 Å². The molecule has 7 aromatic carbocycles. The highest BCUT2D eigenvalue weighted by Crippen LogP contribution is 2.38. The average molecular weight is 1090 g/mol. The predicted molar refractivity (Wildman–Crippen MR) is 298 cm³/mol. The lowest BCUT2D eigenvalue weighted by molar-refractivity contribution is -0.393. The Hall–Kier alpha value is -7.52. The van der Waals surface area contributed by atoms with Crippen LogP contribution in [0.3, 0.4) is 0 Å². The summed E-state index contributed by atoms with van der Waals surface area (Å²) in [6.07, 6.45) is -7.62. The first-order valence-electron chi connectivity index (χ1n) is 26.5. The summed E-state index contributed by atoms with van der Waals surface area (Å²) >= 11 is 0. The van der Waals surface area contributed by atoms with Crippen LogP contribution in [-0.2, 0) is 87.0 Å². The normalized spacial score (nSPS) is 22.8. The van der Waals surface area contributed by atoms with Crippen molar-refractivity contribution in [2.75, 3.05) is 25.1 Å². The van der Waals surface area contributed by atoms with Crippen LogP contribution in [-0.4, -0.2) is 91.0 Å². The number of benzene rings is 7. The molecular weight excluding hydrogens is 1020 g/mol. The zero-order valence-corrected chi connectivity index (χ0v) is 44.1. The third-order valence-corrected chi connectivity index (χ3v) is 13.5. The molecule has 9 rings (SSSR count). The lowest BCUT2D eigenvalue weighted by atomic mass is 9.94. The van der Waals surface area contributed by atoms with E-state index >= 15 is 0 Å². The fourth-order valence-electron chi connectivity index (χ4n) is 9.59. The molecule has 0 saturated carbocycles. The van der Waals surface area contributed by atoms with Crippen LogP contribution in [0.4, 0.5) is 17.1 Å². The number of hydrogen-bond acceptors (Lipinski definition) is 15. The fourth-order valence-corrected chi connectivity index (χ4v) is 9.59. The predicted octanol–water partition coefficient (Wildman–Crippen LogP) is 11.1. The van der Waals surface area contributed by atoms with E-state index in [4.69, 9.17) is 47.4 Å². The van der Waals surface area contributed by atoms with E-state index in [0.717, 1.165) is 39.4 Å². The lowest BCUT2D eigenvalue weighted by Gasteiger charge is -2.50. The van der Waals surface area contributed by atoms with Gasteiger partial charge in [-0.05, 0) is 39.4 Å². The van der Waals surface area contributed by atoms with E-state index in [0.29, 0.717) is 0 Å². The van der Waals surface area contributed by atoms with Gasteiger partial charge in [-0.1, -0.05) is 188 Å². The Morgan fingerprint density at radius 1 is 0.450 bits per heavy atom. The quantitative estimate of drug-likeness (QED) is 0.0264. The largest absolute Gasteiger partial charge is 0.374 e. The van der Waals surface area contributed by atoms with E-state index in [2.05, 4.69) is 11.9 Å². The molecule has 0 spiro atoms. The maximum absolute atomic E-state index is 12.8. The molecule has 17 heteroatoms. The number of non-ortho nitro benzene ring substituents is 1. The van der Waals surface area contributed by atoms with Crippen molar-refractivity contribution in [3.05, 3.63) is 266 Å². The Morgan fingerprint density at radius 3 is 1.31 bits per heavy atom. The van der Waals surface area contributed by atoms with Gasteiger partial charge in [-0.3, -0.25) is 20.2 Å². The van der Waals surface area contributed by atoms with Crippen LogP contribution < -0.4 is 5.32 Å². The van der Waals surface area contributed by atoms with Crippen molar-refractivity contribution >= 4 is 17.1 Å². The number of rotatable bonds is 29. The van der Waals surface area contributed by atoms with Crippen molar-refractivity contribution in [1.29, 1.82) is 0 Å². The SMILES string of the molecule is C=CCO[C@H]1[C@H](OCc2ccccc2)[C@@H](OCc2ccccc2)[C@H](O[C@H]2[C@H](OCc3ccccc3)[C@@H](Nc3ccc([N+](=O)[O-])cc3[N+](=O)[O-])[C@H](OCc3ccccc3)O[C@@H]2COCc2ccccc2)O[C@@H]1COCc1ccccc1. The highest BCUT2D eigenvalue weighted by atomic mass is 16.8. The fraction of sp³-hybridized carbons (Fsp3) is 0.302. The first-order valence-corrected chi connectivity index (χ1v) is 26.5. The van der Waals surface area contributed by atoms with E-state index in [9.17, 15) is 20.2 Å². The molecular formula is C63H65N3O14. The van der Waals surface area contributed by atoms with Gasteiger partial charge < -0.3 is 52.7 Å². The summed E-state index contributed by atoms with van der Waals surface area (Å²) in [4.78, 5) is 23.5. The van der Waals surface area contributed by atoms with Crippen molar-refractivity contribution in [3.63, 3.8) is 0 Å². The minimum atomic E-state index is -1.28. The Morgan fingerprint density at radius 2 is 0.863 bits per heavy atom. The molecule has 2 heterocycles. The molecule has 2 aliphatic heterocycles. The molecule has 0 radical (unpaired) electrons. The molecule has 10 atom stereocenters. The number of anilines is 1. The molecule has 0 aliphatic carbocycles. The molecule has 416 valence electrons. The Bertz CT molecular complexity index is 2970. The van der Waals surface area contributed by atoms with Gasteiger partial charge in [-0.15, -0.1) is 6.58 Å². The number of hydrogen-bond donors (Lipinski definition) is 1. The van der Waals surface area contributed by atoms with Crippen molar-refractivity contribution in [1.82, 2.24) is 0 Å². The summed E-state index contributed by atoms with van der Waals surface area (Å²) in [5.74, 6) is 0. The van der Waals surface area contributed by atoms with Gasteiger partial charge in [0.25, 0.3) is 11.4 Å². The van der Waals surface area contributed by atoms with Crippen LogP contribution in [0.25, 0.3) is 0 Å². The maximum Gasteiger partial charge on any atom is 0.299 e. The first kappa shape index (κ1) is 57.2. The second-order valence-electron chi connectivity index (χ2n) is 19.2. The molecule has 2 fully saturated rings. The van der Waals surface area contributed by atoms with Crippen LogP contribution in [0.1, 0.15) is 33.4 Å². The molecule has 7 aromatic rings. The molecule has 0 bridgehead atoms. The van der Waals surface area contributed by atoms with Crippen molar-refractivity contribution in [2.24, 2.45) is 0 Å². The monoisotopic (exact) mass is 1090 g/mol. The zero-order valence-electron chi connectivity index (χ0n) is 44.1. The molecule has 17 nitrogen and oxygen atoms in total. The van der Waals surface area contributed by atoms with Gasteiger partial charge in [0.1, 0.15) is 54.5 Å².